The number of H-pyrrole nitrogens is 1. The highest BCUT2D eigenvalue weighted by atomic mass is 35.5. The summed E-state index contributed by atoms with van der Waals surface area (Å²) in [5.74, 6) is 1.29. The Labute approximate surface area is 178 Å². The molecule has 0 aliphatic rings. The van der Waals surface area contributed by atoms with Crippen molar-refractivity contribution in [2.75, 3.05) is 5.73 Å². The normalized spacial score (nSPS) is 11.6. The molecular formula is C19H11Cl3N6O. The molecule has 2 aromatic carbocycles. The number of anilines is 1. The molecule has 0 bridgehead atoms. The fourth-order valence-electron chi connectivity index (χ4n) is 3.05. The summed E-state index contributed by atoms with van der Waals surface area (Å²) < 4.78 is 5.83. The molecule has 10 heteroatoms. The minimum atomic E-state index is 0.246. The quantitative estimate of drug-likeness (QED) is 0.357. The first-order valence-electron chi connectivity index (χ1n) is 8.45. The highest BCUT2D eigenvalue weighted by molar-refractivity contribution is 6.37. The minimum absolute atomic E-state index is 0.246. The third kappa shape index (κ3) is 3.07. The van der Waals surface area contributed by atoms with Crippen LogP contribution in [0, 0.1) is 0 Å². The number of hydrogen-bond acceptors (Lipinski definition) is 6. The third-order valence-electron chi connectivity index (χ3n) is 4.52. The number of benzene rings is 2. The molecule has 0 unspecified atom stereocenters. The lowest BCUT2D eigenvalue weighted by Gasteiger charge is -2.08. The van der Waals surface area contributed by atoms with E-state index in [0.717, 1.165) is 11.1 Å². The SMILES string of the molecule is Nc1ncnc2nc(-c3nc4cc(-c5cc(Cl)c(CCl)c(Cl)c5)ccc4o3)[nH]c12. The highest BCUT2D eigenvalue weighted by Gasteiger charge is 2.16. The fraction of sp³-hybridized carbons (Fsp3) is 0.0526. The van der Waals surface area contributed by atoms with E-state index in [4.69, 9.17) is 45.0 Å². The Bertz CT molecular complexity index is 1370. The van der Waals surface area contributed by atoms with Gasteiger partial charge in [0.2, 0.25) is 0 Å². The highest BCUT2D eigenvalue weighted by Crippen LogP contribution is 2.34. The van der Waals surface area contributed by atoms with E-state index in [1.165, 1.54) is 6.33 Å². The lowest BCUT2D eigenvalue weighted by molar-refractivity contribution is 0.614. The molecule has 0 saturated heterocycles. The predicted molar refractivity (Wildman–Crippen MR) is 114 cm³/mol. The monoisotopic (exact) mass is 444 g/mol. The van der Waals surface area contributed by atoms with E-state index in [-0.39, 0.29) is 5.88 Å². The van der Waals surface area contributed by atoms with Crippen LogP contribution in [0.1, 0.15) is 5.56 Å². The second-order valence-corrected chi connectivity index (χ2v) is 7.38. The Kier molecular flexibility index (Phi) is 4.31. The van der Waals surface area contributed by atoms with Crippen LogP contribution in [0.4, 0.5) is 5.82 Å². The maximum Gasteiger partial charge on any atom is 0.264 e. The van der Waals surface area contributed by atoms with Gasteiger partial charge in [0, 0.05) is 15.6 Å². The van der Waals surface area contributed by atoms with Gasteiger partial charge >= 0.3 is 0 Å². The van der Waals surface area contributed by atoms with Gasteiger partial charge in [0.1, 0.15) is 17.4 Å². The largest absolute Gasteiger partial charge is 0.434 e. The average molecular weight is 446 g/mol. The lowest BCUT2D eigenvalue weighted by atomic mass is 10.0. The van der Waals surface area contributed by atoms with Crippen molar-refractivity contribution in [3.63, 3.8) is 0 Å². The van der Waals surface area contributed by atoms with Crippen molar-refractivity contribution in [2.45, 2.75) is 5.88 Å². The van der Waals surface area contributed by atoms with Crippen LogP contribution in [0.2, 0.25) is 10.0 Å². The number of aromatic nitrogens is 5. The van der Waals surface area contributed by atoms with Gasteiger partial charge in [0.25, 0.3) is 5.89 Å². The van der Waals surface area contributed by atoms with Crippen molar-refractivity contribution >= 4 is 62.9 Å². The first-order valence-corrected chi connectivity index (χ1v) is 9.74. The summed E-state index contributed by atoms with van der Waals surface area (Å²) in [5.41, 5.74) is 10.5. The summed E-state index contributed by atoms with van der Waals surface area (Å²) in [6.07, 6.45) is 1.35. The molecule has 0 atom stereocenters. The van der Waals surface area contributed by atoms with Gasteiger partial charge in [-0.1, -0.05) is 29.3 Å². The maximum atomic E-state index is 6.30. The number of rotatable bonds is 3. The van der Waals surface area contributed by atoms with E-state index in [0.29, 0.717) is 55.4 Å². The van der Waals surface area contributed by atoms with E-state index in [1.807, 2.05) is 30.3 Å². The third-order valence-corrected chi connectivity index (χ3v) is 5.46. The van der Waals surface area contributed by atoms with Gasteiger partial charge in [-0.25, -0.2) is 19.9 Å². The van der Waals surface area contributed by atoms with E-state index in [1.54, 1.807) is 0 Å². The number of imidazole rings is 1. The van der Waals surface area contributed by atoms with Crippen LogP contribution < -0.4 is 5.73 Å². The summed E-state index contributed by atoms with van der Waals surface area (Å²) in [5, 5.41) is 1.04. The number of oxazole rings is 1. The number of halogens is 3. The van der Waals surface area contributed by atoms with E-state index >= 15 is 0 Å². The number of nitrogens with zero attached hydrogens (tertiary/aromatic N) is 4. The second-order valence-electron chi connectivity index (χ2n) is 6.30. The van der Waals surface area contributed by atoms with E-state index in [2.05, 4.69) is 24.9 Å². The van der Waals surface area contributed by atoms with Crippen LogP contribution in [-0.4, -0.2) is 24.9 Å². The number of hydrogen-bond donors (Lipinski definition) is 2. The number of aromatic amines is 1. The number of fused-ring (bicyclic) bond motifs is 2. The van der Waals surface area contributed by atoms with Crippen molar-refractivity contribution in [3.05, 3.63) is 52.3 Å². The molecule has 3 aromatic heterocycles. The summed E-state index contributed by atoms with van der Waals surface area (Å²) in [6.45, 7) is 0. The van der Waals surface area contributed by atoms with E-state index in [9.17, 15) is 0 Å². The van der Waals surface area contributed by atoms with Gasteiger partial charge in [-0.15, -0.1) is 11.6 Å². The standard InChI is InChI=1S/C19H11Cl3N6O/c20-6-10-11(21)3-9(4-12(10)22)8-1-2-14-13(5-8)26-19(29-14)18-27-15-16(23)24-7-25-17(15)28-18/h1-5,7H,6H2,(H3,23,24,25,27,28). The summed E-state index contributed by atoms with van der Waals surface area (Å²) in [6, 6.07) is 9.28. The Morgan fingerprint density at radius 3 is 2.52 bits per heavy atom. The molecular weight excluding hydrogens is 435 g/mol. The minimum Gasteiger partial charge on any atom is -0.434 e. The lowest BCUT2D eigenvalue weighted by Crippen LogP contribution is -1.91. The molecule has 0 fully saturated rings. The van der Waals surface area contributed by atoms with Gasteiger partial charge in [-0.3, -0.25) is 0 Å². The Hall–Kier alpha value is -2.87. The van der Waals surface area contributed by atoms with Crippen molar-refractivity contribution in [2.24, 2.45) is 0 Å². The number of nitrogens with two attached hydrogens (primary N) is 1. The van der Waals surface area contributed by atoms with Gasteiger partial charge in [-0.2, -0.15) is 0 Å². The zero-order valence-corrected chi connectivity index (χ0v) is 16.8. The molecule has 0 saturated carbocycles. The molecule has 0 amide bonds. The first kappa shape index (κ1) is 18.2. The molecule has 144 valence electrons. The first-order chi connectivity index (χ1) is 14.0. The number of nitrogens with one attached hydrogen (secondary N) is 1. The van der Waals surface area contributed by atoms with Crippen LogP contribution in [0.25, 0.3) is 45.1 Å². The molecule has 0 aliphatic carbocycles. The summed E-state index contributed by atoms with van der Waals surface area (Å²) >= 11 is 18.5. The van der Waals surface area contributed by atoms with Crippen molar-refractivity contribution in [3.8, 4) is 22.8 Å². The zero-order chi connectivity index (χ0) is 20.1. The van der Waals surface area contributed by atoms with Crippen molar-refractivity contribution in [1.82, 2.24) is 24.9 Å². The van der Waals surface area contributed by atoms with Crippen LogP contribution >= 0.6 is 34.8 Å². The molecule has 3 heterocycles. The molecule has 0 radical (unpaired) electrons. The Morgan fingerprint density at radius 1 is 1.00 bits per heavy atom. The molecule has 29 heavy (non-hydrogen) atoms. The van der Waals surface area contributed by atoms with Crippen LogP contribution in [0.15, 0.2) is 41.1 Å². The number of nitrogen functional groups attached to an aromatic ring is 1. The van der Waals surface area contributed by atoms with Crippen molar-refractivity contribution < 1.29 is 4.42 Å². The summed E-state index contributed by atoms with van der Waals surface area (Å²) in [4.78, 5) is 20.0. The smallest absolute Gasteiger partial charge is 0.264 e. The Balaban J connectivity index is 1.59. The van der Waals surface area contributed by atoms with E-state index < -0.39 is 0 Å². The molecule has 7 nitrogen and oxygen atoms in total. The molecule has 0 aliphatic heterocycles. The molecule has 5 rings (SSSR count). The average Bonchev–Trinajstić information content (AvgIpc) is 3.32. The van der Waals surface area contributed by atoms with Gasteiger partial charge in [0.05, 0.1) is 5.88 Å². The Morgan fingerprint density at radius 2 is 1.79 bits per heavy atom. The summed E-state index contributed by atoms with van der Waals surface area (Å²) in [7, 11) is 0. The van der Waals surface area contributed by atoms with Crippen LogP contribution in [0.3, 0.4) is 0 Å². The molecule has 3 N–H and O–H groups in total. The van der Waals surface area contributed by atoms with Crippen molar-refractivity contribution in [1.29, 1.82) is 0 Å². The predicted octanol–water partition coefficient (Wildman–Crippen LogP) is 5.46. The fourth-order valence-corrected chi connectivity index (χ4v) is 4.10. The maximum absolute atomic E-state index is 6.30. The second kappa shape index (κ2) is 6.88. The van der Waals surface area contributed by atoms with Crippen LogP contribution in [-0.2, 0) is 5.88 Å². The van der Waals surface area contributed by atoms with Gasteiger partial charge in [-0.05, 0) is 35.4 Å². The van der Waals surface area contributed by atoms with Gasteiger partial charge in [0.15, 0.2) is 22.9 Å². The van der Waals surface area contributed by atoms with Gasteiger partial charge < -0.3 is 15.1 Å². The number of alkyl halides is 1. The molecule has 0 spiro atoms. The zero-order valence-electron chi connectivity index (χ0n) is 14.6. The van der Waals surface area contributed by atoms with Crippen LogP contribution in [0.5, 0.6) is 0 Å². The molecule has 5 aromatic rings. The topological polar surface area (TPSA) is 107 Å².